The van der Waals surface area contributed by atoms with Crippen LogP contribution in [0, 0.1) is 0 Å². The number of methoxy groups -OCH3 is 1. The number of hydrogen-bond donors (Lipinski definition) is 2. The van der Waals surface area contributed by atoms with Gasteiger partial charge in [-0.15, -0.1) is 0 Å². The second-order valence-electron chi connectivity index (χ2n) is 6.38. The minimum Gasteiger partial charge on any atom is -0.497 e. The molecule has 4 amide bonds. The highest BCUT2D eigenvalue weighted by Crippen LogP contribution is 2.28. The summed E-state index contributed by atoms with van der Waals surface area (Å²) in [5.74, 6) is -0.779. The lowest BCUT2D eigenvalue weighted by Crippen LogP contribution is -2.51. The van der Waals surface area contributed by atoms with Crippen LogP contribution in [-0.4, -0.2) is 29.5 Å². The molecular weight excluding hydrogens is 358 g/mol. The van der Waals surface area contributed by atoms with Crippen LogP contribution in [0.4, 0.5) is 4.79 Å². The summed E-state index contributed by atoms with van der Waals surface area (Å²) in [5, 5.41) is 5.01. The van der Waals surface area contributed by atoms with Gasteiger partial charge in [-0.1, -0.05) is 30.3 Å². The number of carbonyl (C=O) groups excluding carboxylic acids is 3. The van der Waals surface area contributed by atoms with Crippen molar-refractivity contribution in [3.05, 3.63) is 71.4 Å². The summed E-state index contributed by atoms with van der Waals surface area (Å²) in [4.78, 5) is 35.4. The first kappa shape index (κ1) is 17.5. The zero-order chi connectivity index (χ0) is 19.7. The number of urea groups is 1. The maximum Gasteiger partial charge on any atom is 0.328 e. The number of fused-ring (bicyclic) bond motifs is 1. The van der Waals surface area contributed by atoms with E-state index in [9.17, 15) is 14.4 Å². The Morgan fingerprint density at radius 2 is 1.71 bits per heavy atom. The first-order chi connectivity index (χ1) is 13.5. The van der Waals surface area contributed by atoms with Crippen molar-refractivity contribution in [1.29, 1.82) is 0 Å². The molecule has 7 nitrogen and oxygen atoms in total. The van der Waals surface area contributed by atoms with E-state index in [1.54, 1.807) is 7.11 Å². The van der Waals surface area contributed by atoms with Crippen molar-refractivity contribution in [3.8, 4) is 5.75 Å². The lowest BCUT2D eigenvalue weighted by Gasteiger charge is -2.13. The fourth-order valence-corrected chi connectivity index (χ4v) is 3.22. The van der Waals surface area contributed by atoms with Gasteiger partial charge in [0.25, 0.3) is 11.8 Å². The number of hydrogen-bond acceptors (Lipinski definition) is 4. The van der Waals surface area contributed by atoms with Crippen LogP contribution < -0.4 is 15.4 Å². The zero-order valence-corrected chi connectivity index (χ0v) is 15.1. The molecule has 0 saturated carbocycles. The van der Waals surface area contributed by atoms with Gasteiger partial charge < -0.3 is 9.30 Å². The summed E-state index contributed by atoms with van der Waals surface area (Å²) in [6.07, 6.45) is 3.36. The summed E-state index contributed by atoms with van der Waals surface area (Å²) in [6.45, 7) is 0.629. The number of ether oxygens (including phenoxy) is 1. The summed E-state index contributed by atoms with van der Waals surface area (Å²) in [5.41, 5.74) is 2.61. The Morgan fingerprint density at radius 1 is 1.00 bits per heavy atom. The summed E-state index contributed by atoms with van der Waals surface area (Å²) in [6, 6.07) is 14.8. The van der Waals surface area contributed by atoms with E-state index in [0.29, 0.717) is 17.9 Å². The Balaban J connectivity index is 1.83. The Kier molecular flexibility index (Phi) is 4.41. The van der Waals surface area contributed by atoms with E-state index >= 15 is 0 Å². The molecule has 0 aliphatic carbocycles. The highest BCUT2D eigenvalue weighted by Gasteiger charge is 2.28. The second kappa shape index (κ2) is 7.03. The molecule has 0 unspecified atom stereocenters. The van der Waals surface area contributed by atoms with Crippen molar-refractivity contribution < 1.29 is 19.1 Å². The third-order valence-corrected chi connectivity index (χ3v) is 4.56. The van der Waals surface area contributed by atoms with Gasteiger partial charge in [0.1, 0.15) is 11.3 Å². The number of benzene rings is 2. The van der Waals surface area contributed by atoms with Crippen LogP contribution in [0.15, 0.2) is 60.3 Å². The van der Waals surface area contributed by atoms with Crippen molar-refractivity contribution in [2.24, 2.45) is 0 Å². The SMILES string of the molecule is COc1ccc2c(c1)c(C=C1C(=O)NC(=O)NC1=O)cn2Cc1ccccc1. The van der Waals surface area contributed by atoms with Crippen molar-refractivity contribution >= 4 is 34.8 Å². The molecule has 28 heavy (non-hydrogen) atoms. The number of nitrogens with zero attached hydrogens (tertiary/aromatic N) is 1. The average molecular weight is 375 g/mol. The quantitative estimate of drug-likeness (QED) is 0.541. The van der Waals surface area contributed by atoms with Crippen LogP contribution in [0.1, 0.15) is 11.1 Å². The molecule has 1 fully saturated rings. The molecule has 140 valence electrons. The number of imide groups is 2. The van der Waals surface area contributed by atoms with Gasteiger partial charge in [0.2, 0.25) is 0 Å². The van der Waals surface area contributed by atoms with Gasteiger partial charge in [-0.05, 0) is 29.8 Å². The molecule has 2 N–H and O–H groups in total. The minimum absolute atomic E-state index is 0.124. The van der Waals surface area contributed by atoms with Crippen LogP contribution in [0.2, 0.25) is 0 Å². The third kappa shape index (κ3) is 3.25. The maximum absolute atomic E-state index is 12.1. The first-order valence-corrected chi connectivity index (χ1v) is 8.64. The molecule has 3 aromatic rings. The minimum atomic E-state index is -0.819. The lowest BCUT2D eigenvalue weighted by atomic mass is 10.1. The van der Waals surface area contributed by atoms with Gasteiger partial charge in [0, 0.05) is 29.2 Å². The fraction of sp³-hybridized carbons (Fsp3) is 0.0952. The largest absolute Gasteiger partial charge is 0.497 e. The predicted octanol–water partition coefficient (Wildman–Crippen LogP) is 2.45. The predicted molar refractivity (Wildman–Crippen MR) is 104 cm³/mol. The van der Waals surface area contributed by atoms with Crippen molar-refractivity contribution in [1.82, 2.24) is 15.2 Å². The van der Waals surface area contributed by atoms with Crippen LogP contribution in [0.25, 0.3) is 17.0 Å². The summed E-state index contributed by atoms with van der Waals surface area (Å²) >= 11 is 0. The lowest BCUT2D eigenvalue weighted by molar-refractivity contribution is -0.123. The van der Waals surface area contributed by atoms with Gasteiger partial charge in [0.15, 0.2) is 0 Å². The smallest absolute Gasteiger partial charge is 0.328 e. The molecule has 4 rings (SSSR count). The monoisotopic (exact) mass is 375 g/mol. The molecule has 0 radical (unpaired) electrons. The maximum atomic E-state index is 12.1. The number of aromatic nitrogens is 1. The second-order valence-corrected chi connectivity index (χ2v) is 6.38. The highest BCUT2D eigenvalue weighted by molar-refractivity contribution is 6.31. The Bertz CT molecular complexity index is 1110. The number of carbonyl (C=O) groups is 3. The Labute approximate surface area is 160 Å². The zero-order valence-electron chi connectivity index (χ0n) is 15.1. The van der Waals surface area contributed by atoms with Crippen LogP contribution in [0.3, 0.4) is 0 Å². The van der Waals surface area contributed by atoms with Gasteiger partial charge in [0.05, 0.1) is 7.11 Å². The number of rotatable bonds is 4. The van der Waals surface area contributed by atoms with Gasteiger partial charge in [-0.3, -0.25) is 20.2 Å². The van der Waals surface area contributed by atoms with Crippen molar-refractivity contribution in [2.45, 2.75) is 6.54 Å². The molecular formula is C21H17N3O4. The van der Waals surface area contributed by atoms with Crippen LogP contribution in [-0.2, 0) is 16.1 Å². The van der Waals surface area contributed by atoms with E-state index < -0.39 is 17.8 Å². The molecule has 0 spiro atoms. The first-order valence-electron chi connectivity index (χ1n) is 8.64. The molecule has 0 atom stereocenters. The van der Waals surface area contributed by atoms with E-state index in [4.69, 9.17) is 4.74 Å². The number of amides is 4. The number of nitrogens with one attached hydrogen (secondary N) is 2. The summed E-state index contributed by atoms with van der Waals surface area (Å²) in [7, 11) is 1.58. The van der Waals surface area contributed by atoms with E-state index in [1.807, 2.05) is 59.3 Å². The Hall–Kier alpha value is -3.87. The fourth-order valence-electron chi connectivity index (χ4n) is 3.22. The van der Waals surface area contributed by atoms with E-state index in [2.05, 4.69) is 10.6 Å². The van der Waals surface area contributed by atoms with E-state index in [0.717, 1.165) is 16.5 Å². The van der Waals surface area contributed by atoms with Gasteiger partial charge in [-0.2, -0.15) is 0 Å². The normalized spacial score (nSPS) is 14.0. The summed E-state index contributed by atoms with van der Waals surface area (Å²) < 4.78 is 7.36. The number of barbiturate groups is 1. The molecule has 2 aromatic carbocycles. The van der Waals surface area contributed by atoms with Crippen molar-refractivity contribution in [2.75, 3.05) is 7.11 Å². The van der Waals surface area contributed by atoms with Crippen LogP contribution in [0.5, 0.6) is 5.75 Å². The molecule has 1 aliphatic heterocycles. The molecule has 7 heteroatoms. The topological polar surface area (TPSA) is 89.4 Å². The average Bonchev–Trinajstić information content (AvgIpc) is 3.02. The van der Waals surface area contributed by atoms with E-state index in [1.165, 1.54) is 6.08 Å². The molecule has 2 heterocycles. The van der Waals surface area contributed by atoms with Crippen molar-refractivity contribution in [3.63, 3.8) is 0 Å². The van der Waals surface area contributed by atoms with Gasteiger partial charge >= 0.3 is 6.03 Å². The molecule has 0 bridgehead atoms. The molecule has 1 aromatic heterocycles. The third-order valence-electron chi connectivity index (χ3n) is 4.56. The molecule has 1 saturated heterocycles. The van der Waals surface area contributed by atoms with E-state index in [-0.39, 0.29) is 5.57 Å². The highest BCUT2D eigenvalue weighted by atomic mass is 16.5. The Morgan fingerprint density at radius 3 is 2.39 bits per heavy atom. The standard InChI is InChI=1S/C21H17N3O4/c1-28-15-7-8-18-16(10-15)14(9-17-19(25)22-21(27)23-20(17)26)12-24(18)11-13-5-3-2-4-6-13/h2-10,12H,11H2,1H3,(H2,22,23,25,26,27). The van der Waals surface area contributed by atoms with Gasteiger partial charge in [-0.25, -0.2) is 4.79 Å². The van der Waals surface area contributed by atoms with Crippen LogP contribution >= 0.6 is 0 Å². The molecule has 1 aliphatic rings.